The third kappa shape index (κ3) is 6.43. The van der Waals surface area contributed by atoms with Crippen LogP contribution in [0, 0.1) is 0 Å². The number of carbonyl (C=O) groups excluding carboxylic acids is 1. The van der Waals surface area contributed by atoms with E-state index in [0.717, 1.165) is 37.9 Å². The summed E-state index contributed by atoms with van der Waals surface area (Å²) in [5.41, 5.74) is 4.76. The molecule has 21 heavy (non-hydrogen) atoms. The molecule has 0 aliphatic rings. The fraction of sp³-hybridized carbons (Fsp3) is 0.529. The molecule has 0 aromatic heterocycles. The summed E-state index contributed by atoms with van der Waals surface area (Å²) in [4.78, 5) is 13.8. The van der Waals surface area contributed by atoms with E-state index in [1.54, 1.807) is 6.21 Å². The second-order valence-electron chi connectivity index (χ2n) is 5.01. The van der Waals surface area contributed by atoms with Crippen molar-refractivity contribution in [2.45, 2.75) is 46.5 Å². The topological polar surface area (TPSA) is 44.7 Å². The van der Waals surface area contributed by atoms with E-state index in [9.17, 15) is 4.79 Å². The Morgan fingerprint density at radius 2 is 1.81 bits per heavy atom. The molecule has 0 heterocycles. The van der Waals surface area contributed by atoms with Crippen molar-refractivity contribution in [3.05, 3.63) is 29.8 Å². The Balaban J connectivity index is 2.44. The zero-order valence-electron chi connectivity index (χ0n) is 13.4. The number of hydrogen-bond acceptors (Lipinski definition) is 3. The van der Waals surface area contributed by atoms with Crippen molar-refractivity contribution in [2.24, 2.45) is 5.10 Å². The van der Waals surface area contributed by atoms with E-state index in [-0.39, 0.29) is 5.91 Å². The molecule has 0 saturated heterocycles. The summed E-state index contributed by atoms with van der Waals surface area (Å²) < 4.78 is 0. The molecule has 0 unspecified atom stereocenters. The number of anilines is 1. The molecule has 0 fully saturated rings. The van der Waals surface area contributed by atoms with Gasteiger partial charge in [-0.25, -0.2) is 5.43 Å². The summed E-state index contributed by atoms with van der Waals surface area (Å²) in [6.07, 6.45) is 5.37. The summed E-state index contributed by atoms with van der Waals surface area (Å²) >= 11 is 0. The van der Waals surface area contributed by atoms with Crippen molar-refractivity contribution in [2.75, 3.05) is 18.0 Å². The van der Waals surface area contributed by atoms with E-state index in [2.05, 4.69) is 48.3 Å². The largest absolute Gasteiger partial charge is 0.372 e. The molecule has 0 aliphatic heterocycles. The summed E-state index contributed by atoms with van der Waals surface area (Å²) in [6, 6.07) is 8.19. The van der Waals surface area contributed by atoms with Gasteiger partial charge in [-0.05, 0) is 38.0 Å². The van der Waals surface area contributed by atoms with Crippen molar-refractivity contribution in [1.29, 1.82) is 0 Å². The Hall–Kier alpha value is -1.84. The van der Waals surface area contributed by atoms with Crippen LogP contribution in [0.2, 0.25) is 0 Å². The Labute approximate surface area is 128 Å². The molecule has 1 amide bonds. The number of hydrogen-bond donors (Lipinski definition) is 1. The quantitative estimate of drug-likeness (QED) is 0.429. The number of nitrogens with one attached hydrogen (secondary N) is 1. The molecule has 0 aliphatic carbocycles. The van der Waals surface area contributed by atoms with Gasteiger partial charge in [0.05, 0.1) is 6.21 Å². The normalized spacial score (nSPS) is 10.8. The maximum absolute atomic E-state index is 11.5. The van der Waals surface area contributed by atoms with E-state index in [0.29, 0.717) is 6.42 Å². The van der Waals surface area contributed by atoms with E-state index in [1.807, 2.05) is 12.1 Å². The molecule has 4 nitrogen and oxygen atoms in total. The molecule has 0 saturated carbocycles. The lowest BCUT2D eigenvalue weighted by atomic mass is 10.2. The fourth-order valence-corrected chi connectivity index (χ4v) is 2.13. The average molecular weight is 289 g/mol. The van der Waals surface area contributed by atoms with E-state index < -0.39 is 0 Å². The first-order valence-electron chi connectivity index (χ1n) is 7.88. The third-order valence-corrected chi connectivity index (χ3v) is 3.43. The SMILES string of the molecule is CCCCCC(=O)N/N=C/c1ccc(N(CC)CC)cc1. The highest BCUT2D eigenvalue weighted by molar-refractivity contribution is 5.82. The van der Waals surface area contributed by atoms with Crippen LogP contribution in [0.3, 0.4) is 0 Å². The van der Waals surface area contributed by atoms with Gasteiger partial charge in [-0.3, -0.25) is 4.79 Å². The van der Waals surface area contributed by atoms with Gasteiger partial charge in [0.1, 0.15) is 0 Å². The lowest BCUT2D eigenvalue weighted by Gasteiger charge is -2.20. The van der Waals surface area contributed by atoms with Crippen molar-refractivity contribution in [3.63, 3.8) is 0 Å². The Kier molecular flexibility index (Phi) is 8.17. The van der Waals surface area contributed by atoms with Gasteiger partial charge in [-0.15, -0.1) is 0 Å². The number of unbranched alkanes of at least 4 members (excludes halogenated alkanes) is 2. The summed E-state index contributed by atoms with van der Waals surface area (Å²) in [5, 5.41) is 4.00. The highest BCUT2D eigenvalue weighted by Crippen LogP contribution is 2.13. The molecule has 1 aromatic rings. The first-order valence-corrected chi connectivity index (χ1v) is 7.88. The van der Waals surface area contributed by atoms with Gasteiger partial charge in [-0.2, -0.15) is 5.10 Å². The Morgan fingerprint density at radius 3 is 2.38 bits per heavy atom. The van der Waals surface area contributed by atoms with Crippen LogP contribution in [0.1, 0.15) is 52.0 Å². The maximum atomic E-state index is 11.5. The number of amides is 1. The van der Waals surface area contributed by atoms with Gasteiger partial charge in [0.15, 0.2) is 0 Å². The number of nitrogens with zero attached hydrogens (tertiary/aromatic N) is 2. The van der Waals surface area contributed by atoms with Gasteiger partial charge in [0.2, 0.25) is 5.91 Å². The van der Waals surface area contributed by atoms with Crippen molar-refractivity contribution < 1.29 is 4.79 Å². The number of benzene rings is 1. The molecule has 0 radical (unpaired) electrons. The summed E-state index contributed by atoms with van der Waals surface area (Å²) in [5.74, 6) is -0.0144. The highest BCUT2D eigenvalue weighted by atomic mass is 16.2. The van der Waals surface area contributed by atoms with Crippen LogP contribution < -0.4 is 10.3 Å². The number of rotatable bonds is 9. The van der Waals surface area contributed by atoms with Crippen LogP contribution in [0.5, 0.6) is 0 Å². The Bertz CT molecular complexity index is 436. The van der Waals surface area contributed by atoms with Crippen LogP contribution in [0.4, 0.5) is 5.69 Å². The predicted octanol–water partition coefficient (Wildman–Crippen LogP) is 3.56. The smallest absolute Gasteiger partial charge is 0.240 e. The van der Waals surface area contributed by atoms with Crippen molar-refractivity contribution in [3.8, 4) is 0 Å². The lowest BCUT2D eigenvalue weighted by molar-refractivity contribution is -0.121. The first-order chi connectivity index (χ1) is 10.2. The van der Waals surface area contributed by atoms with Gasteiger partial charge >= 0.3 is 0 Å². The van der Waals surface area contributed by atoms with Gasteiger partial charge < -0.3 is 4.90 Å². The van der Waals surface area contributed by atoms with Gasteiger partial charge in [-0.1, -0.05) is 31.9 Å². The van der Waals surface area contributed by atoms with E-state index >= 15 is 0 Å². The second-order valence-corrected chi connectivity index (χ2v) is 5.01. The molecule has 1 aromatic carbocycles. The Morgan fingerprint density at radius 1 is 1.14 bits per heavy atom. The predicted molar refractivity (Wildman–Crippen MR) is 89.9 cm³/mol. The minimum atomic E-state index is -0.0144. The molecule has 116 valence electrons. The molecular weight excluding hydrogens is 262 g/mol. The highest BCUT2D eigenvalue weighted by Gasteiger charge is 2.01. The first kappa shape index (κ1) is 17.2. The fourth-order valence-electron chi connectivity index (χ4n) is 2.13. The number of hydrazone groups is 1. The lowest BCUT2D eigenvalue weighted by Crippen LogP contribution is -2.21. The van der Waals surface area contributed by atoms with E-state index in [4.69, 9.17) is 0 Å². The van der Waals surface area contributed by atoms with Crippen LogP contribution in [0.25, 0.3) is 0 Å². The molecule has 1 rings (SSSR count). The molecule has 0 spiro atoms. The van der Waals surface area contributed by atoms with E-state index in [1.165, 1.54) is 5.69 Å². The minimum Gasteiger partial charge on any atom is -0.372 e. The average Bonchev–Trinajstić information content (AvgIpc) is 2.50. The molecule has 4 heteroatoms. The maximum Gasteiger partial charge on any atom is 0.240 e. The van der Waals surface area contributed by atoms with Crippen LogP contribution in [-0.2, 0) is 4.79 Å². The zero-order valence-corrected chi connectivity index (χ0v) is 13.4. The second kappa shape index (κ2) is 9.97. The van der Waals surface area contributed by atoms with Crippen molar-refractivity contribution >= 4 is 17.8 Å². The summed E-state index contributed by atoms with van der Waals surface area (Å²) in [6.45, 7) is 8.41. The van der Waals surface area contributed by atoms with Crippen LogP contribution >= 0.6 is 0 Å². The van der Waals surface area contributed by atoms with Crippen LogP contribution in [0.15, 0.2) is 29.4 Å². The number of carbonyl (C=O) groups is 1. The monoisotopic (exact) mass is 289 g/mol. The van der Waals surface area contributed by atoms with Crippen molar-refractivity contribution in [1.82, 2.24) is 5.43 Å². The summed E-state index contributed by atoms with van der Waals surface area (Å²) in [7, 11) is 0. The minimum absolute atomic E-state index is 0.0144. The van der Waals surface area contributed by atoms with Crippen LogP contribution in [-0.4, -0.2) is 25.2 Å². The standard InChI is InChI=1S/C17H27N3O/c1-4-7-8-9-17(21)19-18-14-15-10-12-16(13-11-15)20(5-2)6-3/h10-14H,4-9H2,1-3H3,(H,19,21)/b18-14+. The third-order valence-electron chi connectivity index (χ3n) is 3.43. The molecule has 0 atom stereocenters. The molecule has 1 N–H and O–H groups in total. The molecular formula is C17H27N3O. The molecule has 0 bridgehead atoms. The van der Waals surface area contributed by atoms with Gasteiger partial charge in [0, 0.05) is 25.2 Å². The zero-order chi connectivity index (χ0) is 15.5. The van der Waals surface area contributed by atoms with Gasteiger partial charge in [0.25, 0.3) is 0 Å².